The van der Waals surface area contributed by atoms with Gasteiger partial charge in [-0.15, -0.1) is 10.2 Å². The van der Waals surface area contributed by atoms with Crippen LogP contribution in [-0.2, 0) is 0 Å². The Labute approximate surface area is 202 Å². The number of benzene rings is 4. The molecule has 0 saturated heterocycles. The Hall–Kier alpha value is -4.71. The molecule has 2 heterocycles. The highest BCUT2D eigenvalue weighted by Gasteiger charge is 2.15. The molecule has 35 heavy (non-hydrogen) atoms. The van der Waals surface area contributed by atoms with Crippen molar-refractivity contribution < 1.29 is 9.47 Å². The maximum Gasteiger partial charge on any atom is 0.187 e. The van der Waals surface area contributed by atoms with Crippen molar-refractivity contribution in [2.45, 2.75) is 0 Å². The number of rotatable bonds is 5. The minimum atomic E-state index is 0.705. The molecule has 0 fully saturated rings. The van der Waals surface area contributed by atoms with Gasteiger partial charge in [0, 0.05) is 5.56 Å². The third-order valence-corrected chi connectivity index (χ3v) is 6.11. The van der Waals surface area contributed by atoms with Gasteiger partial charge in [0.05, 0.1) is 25.3 Å². The summed E-state index contributed by atoms with van der Waals surface area (Å²) in [6.45, 7) is 0. The van der Waals surface area contributed by atoms with E-state index in [0.29, 0.717) is 5.65 Å². The van der Waals surface area contributed by atoms with Crippen molar-refractivity contribution in [1.29, 1.82) is 0 Å². The molecule has 6 rings (SSSR count). The number of fused-ring (bicyclic) bond motifs is 4. The minimum absolute atomic E-state index is 0.705. The minimum Gasteiger partial charge on any atom is -0.497 e. The number of aromatic nitrogens is 4. The van der Waals surface area contributed by atoms with E-state index in [1.807, 2.05) is 66.7 Å². The van der Waals surface area contributed by atoms with E-state index in [2.05, 4.69) is 44.9 Å². The van der Waals surface area contributed by atoms with E-state index >= 15 is 0 Å². The molecule has 0 aliphatic rings. The number of ether oxygens (including phenoxy) is 2. The molecule has 0 amide bonds. The van der Waals surface area contributed by atoms with Crippen molar-refractivity contribution in [2.75, 3.05) is 14.2 Å². The molecule has 4 aromatic carbocycles. The summed E-state index contributed by atoms with van der Waals surface area (Å²) in [6, 6.07) is 28.3. The van der Waals surface area contributed by atoms with Crippen molar-refractivity contribution in [3.05, 3.63) is 96.2 Å². The highest BCUT2D eigenvalue weighted by atomic mass is 16.5. The van der Waals surface area contributed by atoms with Gasteiger partial charge in [-0.2, -0.15) is 0 Å². The summed E-state index contributed by atoms with van der Waals surface area (Å²) in [5, 5.41) is 11.3. The van der Waals surface area contributed by atoms with Gasteiger partial charge in [-0.25, -0.2) is 4.98 Å². The molecule has 6 heteroatoms. The van der Waals surface area contributed by atoms with Crippen LogP contribution in [0.1, 0.15) is 11.3 Å². The van der Waals surface area contributed by atoms with Gasteiger partial charge in [0.1, 0.15) is 17.2 Å². The van der Waals surface area contributed by atoms with Crippen molar-refractivity contribution in [1.82, 2.24) is 19.6 Å². The van der Waals surface area contributed by atoms with Crippen LogP contribution in [0.25, 0.3) is 51.0 Å². The second-order valence-electron chi connectivity index (χ2n) is 8.20. The Morgan fingerprint density at radius 1 is 0.714 bits per heavy atom. The highest BCUT2D eigenvalue weighted by Crippen LogP contribution is 2.27. The Morgan fingerprint density at radius 3 is 2.29 bits per heavy atom. The lowest BCUT2D eigenvalue weighted by Crippen LogP contribution is -1.97. The number of nitrogens with zero attached hydrogens (tertiary/aromatic N) is 4. The van der Waals surface area contributed by atoms with E-state index in [-0.39, 0.29) is 0 Å². The largest absolute Gasteiger partial charge is 0.497 e. The monoisotopic (exact) mass is 458 g/mol. The van der Waals surface area contributed by atoms with E-state index in [1.54, 1.807) is 14.2 Å². The summed E-state index contributed by atoms with van der Waals surface area (Å²) >= 11 is 0. The molecule has 0 saturated carbocycles. The van der Waals surface area contributed by atoms with Crippen LogP contribution in [0.4, 0.5) is 0 Å². The van der Waals surface area contributed by atoms with Crippen LogP contribution >= 0.6 is 0 Å². The first-order valence-electron chi connectivity index (χ1n) is 11.3. The molecular formula is C29H22N4O2. The first-order chi connectivity index (χ1) is 17.2. The van der Waals surface area contributed by atoms with Gasteiger partial charge in [0.15, 0.2) is 11.5 Å². The van der Waals surface area contributed by atoms with E-state index < -0.39 is 0 Å². The van der Waals surface area contributed by atoms with Gasteiger partial charge >= 0.3 is 0 Å². The lowest BCUT2D eigenvalue weighted by molar-refractivity contribution is 0.415. The second-order valence-corrected chi connectivity index (χ2v) is 8.20. The lowest BCUT2D eigenvalue weighted by atomic mass is 10.1. The summed E-state index contributed by atoms with van der Waals surface area (Å²) in [4.78, 5) is 4.89. The first-order valence-corrected chi connectivity index (χ1v) is 11.3. The standard InChI is InChI=1S/C29H22N4O2/c1-34-23-13-10-20(11-14-23)28-31-32-29-26(30-25-5-3-4-6-27(25)33(28)29)16-8-19-7-9-22-18-24(35-2)15-12-21(22)17-19/h3-18H,1-2H3/b16-8+. The quantitative estimate of drug-likeness (QED) is 0.304. The third kappa shape index (κ3) is 3.75. The summed E-state index contributed by atoms with van der Waals surface area (Å²) in [5.41, 5.74) is 5.32. The van der Waals surface area contributed by atoms with Gasteiger partial charge in [0.25, 0.3) is 0 Å². The zero-order valence-electron chi connectivity index (χ0n) is 19.3. The van der Waals surface area contributed by atoms with Crippen LogP contribution in [0.3, 0.4) is 0 Å². The molecule has 0 N–H and O–H groups in total. The van der Waals surface area contributed by atoms with Crippen LogP contribution in [0.15, 0.2) is 84.9 Å². The number of hydrogen-bond donors (Lipinski definition) is 0. The van der Waals surface area contributed by atoms with Crippen LogP contribution in [0, 0.1) is 0 Å². The fourth-order valence-electron chi connectivity index (χ4n) is 4.29. The summed E-state index contributed by atoms with van der Waals surface area (Å²) in [7, 11) is 3.34. The maximum atomic E-state index is 5.34. The van der Waals surface area contributed by atoms with Crippen LogP contribution in [0.5, 0.6) is 11.5 Å². The predicted molar refractivity (Wildman–Crippen MR) is 140 cm³/mol. The molecule has 6 nitrogen and oxygen atoms in total. The molecule has 0 atom stereocenters. The average molecular weight is 459 g/mol. The van der Waals surface area contributed by atoms with Crippen LogP contribution in [0.2, 0.25) is 0 Å². The van der Waals surface area contributed by atoms with Crippen LogP contribution in [-0.4, -0.2) is 33.8 Å². The number of methoxy groups -OCH3 is 2. The van der Waals surface area contributed by atoms with E-state index in [0.717, 1.165) is 56.0 Å². The summed E-state index contributed by atoms with van der Waals surface area (Å²) < 4.78 is 12.7. The normalized spacial score (nSPS) is 11.6. The molecule has 0 aliphatic carbocycles. The zero-order valence-corrected chi connectivity index (χ0v) is 19.3. The molecule has 0 unspecified atom stereocenters. The molecule has 170 valence electrons. The van der Waals surface area contributed by atoms with Crippen molar-refractivity contribution in [3.63, 3.8) is 0 Å². The average Bonchev–Trinajstić information content (AvgIpc) is 3.37. The number of para-hydroxylation sites is 2. The molecule has 2 aromatic heterocycles. The SMILES string of the molecule is COc1ccc(-c2nnc3c(/C=C/c4ccc5cc(OC)ccc5c4)nc4ccccc4n23)cc1. The van der Waals surface area contributed by atoms with E-state index in [1.165, 1.54) is 0 Å². The molecule has 0 aliphatic heterocycles. The Bertz CT molecular complexity index is 1720. The highest BCUT2D eigenvalue weighted by molar-refractivity contribution is 5.89. The van der Waals surface area contributed by atoms with Crippen molar-refractivity contribution >= 4 is 39.6 Å². The van der Waals surface area contributed by atoms with Crippen LogP contribution < -0.4 is 9.47 Å². The van der Waals surface area contributed by atoms with E-state index in [9.17, 15) is 0 Å². The Kier molecular flexibility index (Phi) is 5.11. The zero-order chi connectivity index (χ0) is 23.8. The predicted octanol–water partition coefficient (Wildman–Crippen LogP) is 6.29. The molecule has 0 bridgehead atoms. The molecular weight excluding hydrogens is 436 g/mol. The van der Waals surface area contributed by atoms with Crippen molar-refractivity contribution in [2.24, 2.45) is 0 Å². The Balaban J connectivity index is 1.47. The van der Waals surface area contributed by atoms with Crippen molar-refractivity contribution in [3.8, 4) is 22.9 Å². The van der Waals surface area contributed by atoms with Gasteiger partial charge < -0.3 is 9.47 Å². The third-order valence-electron chi connectivity index (χ3n) is 6.11. The lowest BCUT2D eigenvalue weighted by Gasteiger charge is -2.07. The smallest absolute Gasteiger partial charge is 0.187 e. The Morgan fingerprint density at radius 2 is 1.46 bits per heavy atom. The van der Waals surface area contributed by atoms with Gasteiger partial charge in [-0.3, -0.25) is 4.40 Å². The number of hydrogen-bond acceptors (Lipinski definition) is 5. The van der Waals surface area contributed by atoms with E-state index in [4.69, 9.17) is 14.5 Å². The summed E-state index contributed by atoms with van der Waals surface area (Å²) in [6.07, 6.45) is 4.06. The second kappa shape index (κ2) is 8.57. The molecule has 0 spiro atoms. The van der Waals surface area contributed by atoms with Gasteiger partial charge in [-0.05, 0) is 77.0 Å². The maximum absolute atomic E-state index is 5.34. The fourth-order valence-corrected chi connectivity index (χ4v) is 4.29. The first kappa shape index (κ1) is 20.9. The molecule has 0 radical (unpaired) electrons. The van der Waals surface area contributed by atoms with Gasteiger partial charge in [0.2, 0.25) is 0 Å². The topological polar surface area (TPSA) is 61.5 Å². The summed E-state index contributed by atoms with van der Waals surface area (Å²) in [5.74, 6) is 2.41. The van der Waals surface area contributed by atoms with Gasteiger partial charge in [-0.1, -0.05) is 36.4 Å². The fraction of sp³-hybridized carbons (Fsp3) is 0.0690. The molecule has 6 aromatic rings.